The van der Waals surface area contributed by atoms with Gasteiger partial charge in [0.2, 0.25) is 35.4 Å². The molecular formula is C35H44N8O6. The van der Waals surface area contributed by atoms with Crippen LogP contribution in [0.15, 0.2) is 60.9 Å². The summed E-state index contributed by atoms with van der Waals surface area (Å²) in [5.74, 6) is -3.47. The van der Waals surface area contributed by atoms with Crippen molar-refractivity contribution in [3.8, 4) is 0 Å². The lowest BCUT2D eigenvalue weighted by molar-refractivity contribution is -0.132. The number of hydrogen-bond donors (Lipinski definition) is 8. The monoisotopic (exact) mass is 672 g/mol. The van der Waals surface area contributed by atoms with Gasteiger partial charge in [0.05, 0.1) is 19.6 Å². The molecule has 2 heterocycles. The Balaban J connectivity index is 1.40. The number of aromatic amines is 2. The van der Waals surface area contributed by atoms with Crippen LogP contribution in [0.4, 0.5) is 0 Å². The Labute approximate surface area is 283 Å². The van der Waals surface area contributed by atoms with Crippen LogP contribution in [0, 0.1) is 0 Å². The first-order chi connectivity index (χ1) is 23.6. The van der Waals surface area contributed by atoms with Crippen LogP contribution in [0.3, 0.4) is 0 Å². The standard InChI is InChI=1S/C35H44N8O6/c1-2-3-4-5-14-31(45)39-20-32(46)42-29(16-23-18-38-27-13-9-7-11-25(23)27)35(49)41-21-33(47)43-28(34(48)40-19-30(36)44)15-22-17-37-26-12-8-6-10-24(22)26/h6-13,17-18,28-29,37-38H,2-5,14-16,19-21H2,1H3,(H2,36,44)(H,39,45)(H,40,48)(H,41,49)(H,42,46)(H,43,47)/t28-,29-/m0/s1. The number of fused-ring (bicyclic) bond motifs is 2. The molecule has 2 aromatic heterocycles. The molecule has 2 aromatic carbocycles. The second kappa shape index (κ2) is 18.0. The lowest BCUT2D eigenvalue weighted by atomic mass is 10.0. The smallest absolute Gasteiger partial charge is 0.243 e. The summed E-state index contributed by atoms with van der Waals surface area (Å²) in [6, 6.07) is 12.8. The Hall–Kier alpha value is -5.66. The van der Waals surface area contributed by atoms with Gasteiger partial charge in [-0.2, -0.15) is 0 Å². The molecule has 0 radical (unpaired) electrons. The molecule has 0 unspecified atom stereocenters. The van der Waals surface area contributed by atoms with E-state index in [1.807, 2.05) is 48.5 Å². The molecule has 2 atom stereocenters. The number of nitrogens with one attached hydrogen (secondary N) is 7. The van der Waals surface area contributed by atoms with Crippen molar-refractivity contribution in [2.45, 2.75) is 64.0 Å². The Morgan fingerprint density at radius 3 is 1.63 bits per heavy atom. The second-order valence-corrected chi connectivity index (χ2v) is 11.9. The topological polar surface area (TPSA) is 220 Å². The van der Waals surface area contributed by atoms with E-state index in [2.05, 4.69) is 43.5 Å². The largest absolute Gasteiger partial charge is 0.368 e. The summed E-state index contributed by atoms with van der Waals surface area (Å²) in [4.78, 5) is 82.2. The molecule has 0 saturated heterocycles. The van der Waals surface area contributed by atoms with Gasteiger partial charge in [0.15, 0.2) is 0 Å². The van der Waals surface area contributed by atoms with E-state index in [4.69, 9.17) is 5.73 Å². The van der Waals surface area contributed by atoms with E-state index in [-0.39, 0.29) is 25.3 Å². The summed E-state index contributed by atoms with van der Waals surface area (Å²) in [5.41, 5.74) is 8.42. The number of carbonyl (C=O) groups excluding carboxylic acids is 6. The fourth-order valence-electron chi connectivity index (χ4n) is 5.52. The zero-order chi connectivity index (χ0) is 35.2. The summed E-state index contributed by atoms with van der Waals surface area (Å²) >= 11 is 0. The molecule has 0 aliphatic carbocycles. The van der Waals surface area contributed by atoms with Gasteiger partial charge in [-0.15, -0.1) is 0 Å². The summed E-state index contributed by atoms with van der Waals surface area (Å²) in [6.45, 7) is 0.863. The Kier molecular flexibility index (Phi) is 13.3. The molecule has 0 aliphatic rings. The van der Waals surface area contributed by atoms with Gasteiger partial charge in [0, 0.05) is 53.5 Å². The third-order valence-corrected chi connectivity index (χ3v) is 8.06. The Morgan fingerprint density at radius 2 is 1.12 bits per heavy atom. The number of rotatable bonds is 19. The quantitative estimate of drug-likeness (QED) is 0.0684. The zero-order valence-electron chi connectivity index (χ0n) is 27.5. The van der Waals surface area contributed by atoms with Gasteiger partial charge >= 0.3 is 0 Å². The van der Waals surface area contributed by atoms with Crippen molar-refractivity contribution >= 4 is 57.2 Å². The van der Waals surface area contributed by atoms with Crippen LogP contribution in [0.2, 0.25) is 0 Å². The Bertz CT molecular complexity index is 1780. The van der Waals surface area contributed by atoms with Crippen LogP contribution in [-0.2, 0) is 41.6 Å². The molecular weight excluding hydrogens is 628 g/mol. The number of aromatic nitrogens is 2. The highest BCUT2D eigenvalue weighted by Crippen LogP contribution is 2.20. The highest BCUT2D eigenvalue weighted by Gasteiger charge is 2.26. The molecule has 14 nitrogen and oxygen atoms in total. The zero-order valence-corrected chi connectivity index (χ0v) is 27.5. The van der Waals surface area contributed by atoms with Crippen molar-refractivity contribution in [2.75, 3.05) is 19.6 Å². The van der Waals surface area contributed by atoms with E-state index in [9.17, 15) is 28.8 Å². The Morgan fingerprint density at radius 1 is 0.633 bits per heavy atom. The normalized spacial score (nSPS) is 12.2. The first kappa shape index (κ1) is 36.2. The van der Waals surface area contributed by atoms with E-state index >= 15 is 0 Å². The summed E-state index contributed by atoms with van der Waals surface area (Å²) in [7, 11) is 0. The van der Waals surface area contributed by atoms with Gasteiger partial charge in [0.1, 0.15) is 12.1 Å². The first-order valence-corrected chi connectivity index (χ1v) is 16.4. The molecule has 4 rings (SSSR count). The number of benzene rings is 2. The number of unbranched alkanes of at least 4 members (excludes halogenated alkanes) is 3. The van der Waals surface area contributed by atoms with Crippen molar-refractivity contribution in [3.05, 3.63) is 72.1 Å². The molecule has 49 heavy (non-hydrogen) atoms. The predicted molar refractivity (Wildman–Crippen MR) is 185 cm³/mol. The lowest BCUT2D eigenvalue weighted by Crippen LogP contribution is -2.54. The fourth-order valence-corrected chi connectivity index (χ4v) is 5.52. The third kappa shape index (κ3) is 10.9. The first-order valence-electron chi connectivity index (χ1n) is 16.4. The van der Waals surface area contributed by atoms with E-state index < -0.39 is 54.7 Å². The number of hydrogen-bond acceptors (Lipinski definition) is 6. The van der Waals surface area contributed by atoms with Crippen LogP contribution in [-0.4, -0.2) is 77.1 Å². The molecule has 6 amide bonds. The lowest BCUT2D eigenvalue weighted by Gasteiger charge is -2.20. The summed E-state index contributed by atoms with van der Waals surface area (Å²) in [5, 5.41) is 14.6. The number of para-hydroxylation sites is 2. The van der Waals surface area contributed by atoms with Gasteiger partial charge in [-0.25, -0.2) is 0 Å². The molecule has 9 N–H and O–H groups in total. The van der Waals surface area contributed by atoms with Crippen molar-refractivity contribution in [1.29, 1.82) is 0 Å². The SMILES string of the molecule is CCCCCCC(=O)NCC(=O)N[C@@H](Cc1c[nH]c2ccccc12)C(=O)NCC(=O)N[C@@H](Cc1c[nH]c2ccccc12)C(=O)NCC(N)=O. The number of amides is 6. The van der Waals surface area contributed by atoms with Crippen LogP contribution < -0.4 is 32.3 Å². The van der Waals surface area contributed by atoms with Crippen molar-refractivity contribution in [3.63, 3.8) is 0 Å². The van der Waals surface area contributed by atoms with Crippen LogP contribution in [0.5, 0.6) is 0 Å². The fraction of sp³-hybridized carbons (Fsp3) is 0.371. The van der Waals surface area contributed by atoms with Gasteiger partial charge in [-0.05, 0) is 29.7 Å². The minimum Gasteiger partial charge on any atom is -0.368 e. The minimum absolute atomic E-state index is 0.0951. The predicted octanol–water partition coefficient (Wildman–Crippen LogP) is 1.21. The van der Waals surface area contributed by atoms with E-state index in [1.165, 1.54) is 0 Å². The van der Waals surface area contributed by atoms with E-state index in [0.717, 1.165) is 58.6 Å². The van der Waals surface area contributed by atoms with Crippen LogP contribution in [0.1, 0.15) is 50.2 Å². The maximum atomic E-state index is 13.4. The third-order valence-electron chi connectivity index (χ3n) is 8.06. The molecule has 14 heteroatoms. The molecule has 0 bridgehead atoms. The highest BCUT2D eigenvalue weighted by atomic mass is 16.2. The second-order valence-electron chi connectivity index (χ2n) is 11.9. The van der Waals surface area contributed by atoms with Gasteiger partial charge < -0.3 is 42.3 Å². The molecule has 0 spiro atoms. The number of H-pyrrole nitrogens is 2. The van der Waals surface area contributed by atoms with Crippen LogP contribution >= 0.6 is 0 Å². The average Bonchev–Trinajstić information content (AvgIpc) is 3.70. The molecule has 4 aromatic rings. The average molecular weight is 673 g/mol. The summed E-state index contributed by atoms with van der Waals surface area (Å²) in [6.07, 6.45) is 7.73. The van der Waals surface area contributed by atoms with Crippen molar-refractivity contribution < 1.29 is 28.8 Å². The van der Waals surface area contributed by atoms with Gasteiger partial charge in [-0.1, -0.05) is 62.6 Å². The van der Waals surface area contributed by atoms with E-state index in [1.54, 1.807) is 12.4 Å². The maximum Gasteiger partial charge on any atom is 0.243 e. The summed E-state index contributed by atoms with van der Waals surface area (Å²) < 4.78 is 0. The van der Waals surface area contributed by atoms with Gasteiger partial charge in [0.25, 0.3) is 0 Å². The van der Waals surface area contributed by atoms with Crippen molar-refractivity contribution in [1.82, 2.24) is 36.6 Å². The maximum absolute atomic E-state index is 13.4. The molecule has 260 valence electrons. The number of carbonyl (C=O) groups is 6. The number of nitrogens with two attached hydrogens (primary N) is 1. The number of primary amides is 1. The van der Waals surface area contributed by atoms with Crippen LogP contribution in [0.25, 0.3) is 21.8 Å². The van der Waals surface area contributed by atoms with E-state index in [0.29, 0.717) is 6.42 Å². The highest BCUT2D eigenvalue weighted by molar-refractivity contribution is 5.95. The van der Waals surface area contributed by atoms with Gasteiger partial charge in [-0.3, -0.25) is 28.8 Å². The van der Waals surface area contributed by atoms with Crippen molar-refractivity contribution in [2.24, 2.45) is 5.73 Å². The molecule has 0 aliphatic heterocycles. The molecule has 0 saturated carbocycles. The molecule has 0 fully saturated rings. The minimum atomic E-state index is -1.09.